The lowest BCUT2D eigenvalue weighted by atomic mass is 10.0. The average molecular weight is 1040 g/mol. The highest BCUT2D eigenvalue weighted by atomic mass is 16.5. The van der Waals surface area contributed by atoms with Crippen molar-refractivity contribution >= 4 is 11.9 Å². The van der Waals surface area contributed by atoms with E-state index in [9.17, 15) is 14.7 Å². The van der Waals surface area contributed by atoms with Gasteiger partial charge in [-0.15, -0.1) is 0 Å². The van der Waals surface area contributed by atoms with Gasteiger partial charge in [-0.2, -0.15) is 0 Å². The Bertz CT molecular complexity index is 2260. The Hall–Kier alpha value is -5.76. The van der Waals surface area contributed by atoms with E-state index >= 15 is 0 Å². The van der Waals surface area contributed by atoms with Gasteiger partial charge in [0.2, 0.25) is 5.75 Å². The second-order valence-electron chi connectivity index (χ2n) is 20.8. The molecule has 0 spiro atoms. The summed E-state index contributed by atoms with van der Waals surface area (Å²) in [5, 5.41) is 9.62. The maximum atomic E-state index is 14.1. The summed E-state index contributed by atoms with van der Waals surface area (Å²) in [7, 11) is 0. The first kappa shape index (κ1) is 61.1. The minimum atomic E-state index is -0.497. The molecule has 5 aromatic carbocycles. The number of carbonyl (C=O) groups is 2. The fraction of sp³-hybridized carbons (Fsp3) is 0.529. The summed E-state index contributed by atoms with van der Waals surface area (Å²) < 4.78 is 31.4. The van der Waals surface area contributed by atoms with E-state index in [4.69, 9.17) is 23.7 Å². The number of aromatic hydroxyl groups is 1. The Labute approximate surface area is 458 Å². The van der Waals surface area contributed by atoms with Gasteiger partial charge >= 0.3 is 11.9 Å². The van der Waals surface area contributed by atoms with Gasteiger partial charge in [0.1, 0.15) is 17.2 Å². The van der Waals surface area contributed by atoms with Crippen LogP contribution in [0.5, 0.6) is 34.5 Å². The van der Waals surface area contributed by atoms with E-state index in [1.807, 2.05) is 48.5 Å². The Kier molecular flexibility index (Phi) is 30.5. The second kappa shape index (κ2) is 37.9. The van der Waals surface area contributed by atoms with E-state index in [2.05, 4.69) is 20.8 Å². The van der Waals surface area contributed by atoms with Gasteiger partial charge < -0.3 is 28.8 Å². The third-order valence-corrected chi connectivity index (χ3v) is 14.3. The van der Waals surface area contributed by atoms with E-state index in [1.54, 1.807) is 60.7 Å². The summed E-state index contributed by atoms with van der Waals surface area (Å²) in [5.41, 5.74) is 4.48. The molecule has 1 N–H and O–H groups in total. The second-order valence-corrected chi connectivity index (χ2v) is 20.8. The number of carbonyl (C=O) groups excluding carboxylic acids is 2. The molecule has 0 fully saturated rings. The highest BCUT2D eigenvalue weighted by molar-refractivity contribution is 5.93. The fourth-order valence-corrected chi connectivity index (χ4v) is 9.57. The molecule has 8 nitrogen and oxygen atoms in total. The van der Waals surface area contributed by atoms with Crippen LogP contribution >= 0.6 is 0 Å². The third-order valence-electron chi connectivity index (χ3n) is 14.3. The summed E-state index contributed by atoms with van der Waals surface area (Å²) in [6, 6.07) is 32.4. The number of hydrogen-bond acceptors (Lipinski definition) is 8. The Morgan fingerprint density at radius 2 is 0.605 bits per heavy atom. The van der Waals surface area contributed by atoms with Gasteiger partial charge in [-0.1, -0.05) is 243 Å². The SMILES string of the molecule is CCCCCCCCCCCCOc1cc(C(=O)Oc2ccc(-c3ccc(OC(=O)c4ccc(-c5ccc(O)cc5)cc4)cc3)cc2)cc(OCCCCCCCCCCCC)c1OCCCCCCCCCCCC. The lowest BCUT2D eigenvalue weighted by Crippen LogP contribution is -2.12. The number of phenolic OH excluding ortho intramolecular Hbond substituents is 1. The van der Waals surface area contributed by atoms with Gasteiger partial charge in [0, 0.05) is 0 Å². The van der Waals surface area contributed by atoms with Crippen molar-refractivity contribution in [2.75, 3.05) is 19.8 Å². The van der Waals surface area contributed by atoms with Crippen molar-refractivity contribution in [2.24, 2.45) is 0 Å². The Morgan fingerprint density at radius 3 is 0.947 bits per heavy atom. The lowest BCUT2D eigenvalue weighted by molar-refractivity contribution is 0.0724. The van der Waals surface area contributed by atoms with Gasteiger partial charge in [0.05, 0.1) is 30.9 Å². The maximum Gasteiger partial charge on any atom is 0.343 e. The molecule has 414 valence electrons. The minimum absolute atomic E-state index is 0.203. The van der Waals surface area contributed by atoms with Crippen molar-refractivity contribution in [3.8, 4) is 56.8 Å². The molecule has 0 aliphatic rings. The van der Waals surface area contributed by atoms with Crippen molar-refractivity contribution in [1.82, 2.24) is 0 Å². The number of rotatable bonds is 42. The van der Waals surface area contributed by atoms with Crippen LogP contribution in [-0.4, -0.2) is 36.9 Å². The first-order valence-electron chi connectivity index (χ1n) is 30.0. The zero-order chi connectivity index (χ0) is 53.7. The van der Waals surface area contributed by atoms with Crippen molar-refractivity contribution < 1.29 is 38.4 Å². The average Bonchev–Trinajstić information content (AvgIpc) is 3.44. The molecule has 0 aliphatic heterocycles. The van der Waals surface area contributed by atoms with Crippen LogP contribution in [0, 0.1) is 0 Å². The van der Waals surface area contributed by atoms with Gasteiger partial charge in [-0.25, -0.2) is 9.59 Å². The molecular formula is C68H94O8. The summed E-state index contributed by atoms with van der Waals surface area (Å²) in [6.07, 6.45) is 37.3. The van der Waals surface area contributed by atoms with Crippen LogP contribution in [0.1, 0.15) is 234 Å². The molecule has 0 unspecified atom stereocenters. The van der Waals surface area contributed by atoms with Gasteiger partial charge in [0.15, 0.2) is 11.5 Å². The van der Waals surface area contributed by atoms with E-state index in [-0.39, 0.29) is 5.75 Å². The molecular weight excluding hydrogens is 945 g/mol. The lowest BCUT2D eigenvalue weighted by Gasteiger charge is -2.19. The van der Waals surface area contributed by atoms with Gasteiger partial charge in [-0.05, 0) is 102 Å². The van der Waals surface area contributed by atoms with E-state index in [1.165, 1.54) is 154 Å². The van der Waals surface area contributed by atoms with Gasteiger partial charge in [0.25, 0.3) is 0 Å². The first-order valence-corrected chi connectivity index (χ1v) is 30.0. The van der Waals surface area contributed by atoms with Crippen molar-refractivity contribution in [3.05, 3.63) is 120 Å². The molecule has 0 aromatic heterocycles. The molecule has 0 saturated carbocycles. The van der Waals surface area contributed by atoms with Crippen LogP contribution in [-0.2, 0) is 0 Å². The van der Waals surface area contributed by atoms with Gasteiger partial charge in [-0.3, -0.25) is 0 Å². The summed E-state index contributed by atoms with van der Waals surface area (Å²) >= 11 is 0. The molecule has 0 bridgehead atoms. The number of hydrogen-bond donors (Lipinski definition) is 1. The van der Waals surface area contributed by atoms with Crippen LogP contribution in [0.3, 0.4) is 0 Å². The molecule has 0 amide bonds. The normalized spacial score (nSPS) is 11.1. The number of esters is 2. The predicted octanol–water partition coefficient (Wildman–Crippen LogP) is 20.1. The fourth-order valence-electron chi connectivity index (χ4n) is 9.57. The molecule has 0 aliphatic carbocycles. The highest BCUT2D eigenvalue weighted by Gasteiger charge is 2.21. The summed E-state index contributed by atoms with van der Waals surface area (Å²) in [5.74, 6) is 1.73. The largest absolute Gasteiger partial charge is 0.508 e. The van der Waals surface area contributed by atoms with Crippen molar-refractivity contribution in [2.45, 2.75) is 213 Å². The van der Waals surface area contributed by atoms with Crippen LogP contribution in [0.15, 0.2) is 109 Å². The number of unbranched alkanes of at least 4 members (excludes halogenated alkanes) is 27. The zero-order valence-electron chi connectivity index (χ0n) is 47.0. The number of ether oxygens (including phenoxy) is 5. The molecule has 0 heterocycles. The first-order chi connectivity index (χ1) is 37.4. The molecule has 8 heteroatoms. The highest BCUT2D eigenvalue weighted by Crippen LogP contribution is 2.40. The van der Waals surface area contributed by atoms with Crippen molar-refractivity contribution in [1.29, 1.82) is 0 Å². The number of phenols is 1. The molecule has 0 atom stereocenters. The van der Waals surface area contributed by atoms with Crippen molar-refractivity contribution in [3.63, 3.8) is 0 Å². The van der Waals surface area contributed by atoms with E-state index in [0.29, 0.717) is 59.7 Å². The zero-order valence-corrected chi connectivity index (χ0v) is 47.0. The molecule has 0 radical (unpaired) electrons. The summed E-state index contributed by atoms with van der Waals surface area (Å²) in [6.45, 7) is 8.42. The number of benzene rings is 5. The Morgan fingerprint density at radius 1 is 0.329 bits per heavy atom. The van der Waals surface area contributed by atoms with Crippen LogP contribution in [0.25, 0.3) is 22.3 Å². The van der Waals surface area contributed by atoms with E-state index in [0.717, 1.165) is 60.8 Å². The minimum Gasteiger partial charge on any atom is -0.508 e. The maximum absolute atomic E-state index is 14.1. The quantitative estimate of drug-likeness (QED) is 0.0234. The monoisotopic (exact) mass is 1040 g/mol. The smallest absolute Gasteiger partial charge is 0.343 e. The molecule has 76 heavy (non-hydrogen) atoms. The van der Waals surface area contributed by atoms with E-state index < -0.39 is 11.9 Å². The third kappa shape index (κ3) is 24.1. The molecule has 5 rings (SSSR count). The topological polar surface area (TPSA) is 101 Å². The van der Waals surface area contributed by atoms with Crippen LogP contribution in [0.4, 0.5) is 0 Å². The van der Waals surface area contributed by atoms with Crippen LogP contribution < -0.4 is 23.7 Å². The molecule has 5 aromatic rings. The van der Waals surface area contributed by atoms with Crippen LogP contribution in [0.2, 0.25) is 0 Å². The molecule has 0 saturated heterocycles. The Balaban J connectivity index is 1.22. The predicted molar refractivity (Wildman–Crippen MR) is 314 cm³/mol. The standard InChI is InChI=1S/C68H94O8/c1-4-7-10-13-16-19-22-25-28-31-50-72-64-53-60(54-65(73-51-32-29-26-23-20-17-14-11-8-5-2)66(64)74-52-33-30-27-24-21-18-15-12-9-6-3)68(71)76-63-48-42-58(43-49-63)57-40-46-62(47-41-57)75-67(70)59-36-34-55(35-37-59)56-38-44-61(69)45-39-56/h34-49,53-54,69H,4-33,50-52H2,1-3H3. The summed E-state index contributed by atoms with van der Waals surface area (Å²) in [4.78, 5) is 27.1.